The predicted octanol–water partition coefficient (Wildman–Crippen LogP) is 4.74. The highest BCUT2D eigenvalue weighted by molar-refractivity contribution is 6.76. The normalized spacial score (nSPS) is 11.2. The third-order valence-electron chi connectivity index (χ3n) is 3.92. The summed E-state index contributed by atoms with van der Waals surface area (Å²) in [5.41, 5.74) is 3.17. The van der Waals surface area contributed by atoms with Crippen LogP contribution in [0.1, 0.15) is 12.0 Å². The first-order valence-electron chi connectivity index (χ1n) is 8.65. The van der Waals surface area contributed by atoms with Crippen molar-refractivity contribution in [2.45, 2.75) is 38.5 Å². The molecule has 0 aromatic heterocycles. The summed E-state index contributed by atoms with van der Waals surface area (Å²) in [7, 11) is -1.22. The number of Topliss-reactive ketones (excluding diaryl/α,β-unsaturated/α-hetero) is 1. The molecule has 0 amide bonds. The number of benzene rings is 2. The summed E-state index contributed by atoms with van der Waals surface area (Å²) in [6.07, 6.45) is 0.115. The Kier molecular flexibility index (Phi) is 6.71. The van der Waals surface area contributed by atoms with E-state index in [2.05, 4.69) is 31.8 Å². The lowest BCUT2D eigenvalue weighted by molar-refractivity contribution is -0.145. The molecular weight excluding hydrogens is 328 g/mol. The Bertz CT molecular complexity index is 700. The van der Waals surface area contributed by atoms with E-state index in [0.29, 0.717) is 6.61 Å². The highest BCUT2D eigenvalue weighted by Crippen LogP contribution is 2.19. The molecule has 2 rings (SSSR count). The van der Waals surface area contributed by atoms with Crippen molar-refractivity contribution in [1.29, 1.82) is 0 Å². The zero-order valence-corrected chi connectivity index (χ0v) is 16.2. The zero-order valence-electron chi connectivity index (χ0n) is 15.2. The van der Waals surface area contributed by atoms with Gasteiger partial charge in [0.15, 0.2) is 0 Å². The molecule has 0 radical (unpaired) electrons. The van der Waals surface area contributed by atoms with Gasteiger partial charge in [-0.25, -0.2) is 0 Å². The third-order valence-corrected chi connectivity index (χ3v) is 5.62. The van der Waals surface area contributed by atoms with Crippen LogP contribution in [0.4, 0.5) is 0 Å². The van der Waals surface area contributed by atoms with E-state index in [1.807, 2.05) is 42.5 Å². The van der Waals surface area contributed by atoms with Crippen LogP contribution >= 0.6 is 0 Å². The van der Waals surface area contributed by atoms with E-state index in [1.54, 1.807) is 0 Å². The van der Waals surface area contributed by atoms with Crippen LogP contribution in [-0.4, -0.2) is 26.4 Å². The molecule has 4 heteroatoms. The summed E-state index contributed by atoms with van der Waals surface area (Å²) in [5, 5.41) is 0. The molecule has 2 aromatic rings. The van der Waals surface area contributed by atoms with Crippen molar-refractivity contribution in [1.82, 2.24) is 0 Å². The van der Waals surface area contributed by atoms with Crippen LogP contribution in [-0.2, 0) is 20.7 Å². The van der Waals surface area contributed by atoms with Crippen molar-refractivity contribution in [3.05, 3.63) is 60.2 Å². The molecular formula is C21H26O3Si. The van der Waals surface area contributed by atoms with Gasteiger partial charge in [-0.3, -0.25) is 9.59 Å². The number of esters is 1. The van der Waals surface area contributed by atoms with Gasteiger partial charge in [0.25, 0.3) is 0 Å². The number of rotatable bonds is 8. The summed E-state index contributed by atoms with van der Waals surface area (Å²) in [6, 6.07) is 18.9. The topological polar surface area (TPSA) is 43.4 Å². The van der Waals surface area contributed by atoms with Crippen molar-refractivity contribution >= 4 is 19.8 Å². The van der Waals surface area contributed by atoms with Crippen LogP contribution in [0.25, 0.3) is 11.1 Å². The van der Waals surface area contributed by atoms with Crippen LogP contribution < -0.4 is 0 Å². The molecule has 0 atom stereocenters. The Morgan fingerprint density at radius 3 is 2.08 bits per heavy atom. The van der Waals surface area contributed by atoms with Gasteiger partial charge in [-0.05, 0) is 22.7 Å². The van der Waals surface area contributed by atoms with E-state index in [1.165, 1.54) is 0 Å². The summed E-state index contributed by atoms with van der Waals surface area (Å²) in [4.78, 5) is 23.8. The Morgan fingerprint density at radius 2 is 1.48 bits per heavy atom. The van der Waals surface area contributed by atoms with Crippen LogP contribution in [0, 0.1) is 0 Å². The number of ether oxygens (including phenoxy) is 1. The van der Waals surface area contributed by atoms with Crippen LogP contribution in [0.5, 0.6) is 0 Å². The van der Waals surface area contributed by atoms with E-state index in [9.17, 15) is 9.59 Å². The van der Waals surface area contributed by atoms with Crippen LogP contribution in [0.2, 0.25) is 25.7 Å². The van der Waals surface area contributed by atoms with Crippen molar-refractivity contribution in [2.75, 3.05) is 6.61 Å². The molecule has 0 bridgehead atoms. The first-order valence-corrected chi connectivity index (χ1v) is 12.4. The molecule has 0 N–H and O–H groups in total. The lowest BCUT2D eigenvalue weighted by Crippen LogP contribution is -2.23. The summed E-state index contributed by atoms with van der Waals surface area (Å²) >= 11 is 0. The summed E-state index contributed by atoms with van der Waals surface area (Å²) < 4.78 is 5.18. The molecule has 0 saturated heterocycles. The second kappa shape index (κ2) is 8.76. The molecule has 0 unspecified atom stereocenters. The number of carbonyl (C=O) groups excluding carboxylic acids is 2. The summed E-state index contributed by atoms with van der Waals surface area (Å²) in [6.45, 7) is 7.11. The fourth-order valence-corrected chi connectivity index (χ4v) is 3.13. The first kappa shape index (κ1) is 19.1. The minimum absolute atomic E-state index is 0.106. The van der Waals surface area contributed by atoms with Crippen molar-refractivity contribution in [2.24, 2.45) is 0 Å². The lowest BCUT2D eigenvalue weighted by atomic mass is 10.0. The molecule has 2 aromatic carbocycles. The van der Waals surface area contributed by atoms with E-state index in [0.717, 1.165) is 22.7 Å². The summed E-state index contributed by atoms with van der Waals surface area (Å²) in [5.74, 6) is -0.519. The largest absolute Gasteiger partial charge is 0.466 e. The smallest absolute Gasteiger partial charge is 0.313 e. The van der Waals surface area contributed by atoms with Gasteiger partial charge < -0.3 is 4.74 Å². The van der Waals surface area contributed by atoms with Crippen LogP contribution in [0.15, 0.2) is 54.6 Å². The molecule has 0 aliphatic heterocycles. The molecule has 0 fully saturated rings. The molecule has 0 heterocycles. The van der Waals surface area contributed by atoms with Gasteiger partial charge in [0.1, 0.15) is 12.2 Å². The van der Waals surface area contributed by atoms with Gasteiger partial charge in [0, 0.05) is 14.5 Å². The van der Waals surface area contributed by atoms with E-state index >= 15 is 0 Å². The van der Waals surface area contributed by atoms with Gasteiger partial charge >= 0.3 is 5.97 Å². The molecule has 0 aliphatic carbocycles. The Hall–Kier alpha value is -2.20. The van der Waals surface area contributed by atoms with Gasteiger partial charge in [0.05, 0.1) is 6.61 Å². The highest BCUT2D eigenvalue weighted by atomic mass is 28.3. The van der Waals surface area contributed by atoms with E-state index in [4.69, 9.17) is 4.74 Å². The van der Waals surface area contributed by atoms with Gasteiger partial charge in [-0.2, -0.15) is 0 Å². The molecule has 25 heavy (non-hydrogen) atoms. The average Bonchev–Trinajstić information content (AvgIpc) is 2.55. The maximum absolute atomic E-state index is 12.0. The fraction of sp³-hybridized carbons (Fsp3) is 0.333. The van der Waals surface area contributed by atoms with Gasteiger partial charge in [0.2, 0.25) is 0 Å². The van der Waals surface area contributed by atoms with Crippen molar-refractivity contribution in [3.8, 4) is 11.1 Å². The SMILES string of the molecule is C[Si](C)(C)CCOC(=O)CC(=O)Cc1ccc(-c2ccccc2)cc1. The minimum atomic E-state index is -1.22. The zero-order chi connectivity index (χ0) is 18.3. The molecule has 0 spiro atoms. The fourth-order valence-electron chi connectivity index (χ4n) is 2.42. The number of carbonyl (C=O) groups is 2. The highest BCUT2D eigenvalue weighted by Gasteiger charge is 2.15. The molecule has 0 saturated carbocycles. The molecule has 0 aliphatic rings. The Labute approximate surface area is 151 Å². The number of ketones is 1. The molecule has 3 nitrogen and oxygen atoms in total. The van der Waals surface area contributed by atoms with Crippen LogP contribution in [0.3, 0.4) is 0 Å². The lowest BCUT2D eigenvalue weighted by Gasteiger charge is -2.15. The van der Waals surface area contributed by atoms with Crippen molar-refractivity contribution in [3.63, 3.8) is 0 Å². The van der Waals surface area contributed by atoms with Gasteiger partial charge in [-0.15, -0.1) is 0 Å². The van der Waals surface area contributed by atoms with Gasteiger partial charge in [-0.1, -0.05) is 74.2 Å². The maximum Gasteiger partial charge on any atom is 0.313 e. The first-order chi connectivity index (χ1) is 11.8. The van der Waals surface area contributed by atoms with Crippen molar-refractivity contribution < 1.29 is 14.3 Å². The Balaban J connectivity index is 1.81. The maximum atomic E-state index is 12.0. The predicted molar refractivity (Wildman–Crippen MR) is 104 cm³/mol. The van der Waals surface area contributed by atoms with E-state index < -0.39 is 14.0 Å². The standard InChI is InChI=1S/C21H26O3Si/c1-25(2,3)14-13-24-21(23)16-20(22)15-17-9-11-19(12-10-17)18-7-5-4-6-8-18/h4-12H,13-16H2,1-3H3. The third kappa shape index (κ3) is 7.06. The van der Waals surface area contributed by atoms with E-state index in [-0.39, 0.29) is 18.6 Å². The Morgan fingerprint density at radius 1 is 0.880 bits per heavy atom. The second-order valence-electron chi connectivity index (χ2n) is 7.49. The molecule has 132 valence electrons. The minimum Gasteiger partial charge on any atom is -0.466 e. The monoisotopic (exact) mass is 354 g/mol. The quantitative estimate of drug-likeness (QED) is 0.391. The number of hydrogen-bond acceptors (Lipinski definition) is 3. The second-order valence-corrected chi connectivity index (χ2v) is 13.1. The average molecular weight is 355 g/mol. The number of hydrogen-bond donors (Lipinski definition) is 0.